The van der Waals surface area contributed by atoms with Crippen LogP contribution in [-0.4, -0.2) is 28.7 Å². The Morgan fingerprint density at radius 3 is 2.80 bits per heavy atom. The highest BCUT2D eigenvalue weighted by molar-refractivity contribution is 9.10. The number of anilines is 1. The van der Waals surface area contributed by atoms with Crippen molar-refractivity contribution < 1.29 is 14.6 Å². The van der Waals surface area contributed by atoms with Crippen molar-refractivity contribution >= 4 is 27.5 Å². The van der Waals surface area contributed by atoms with Crippen molar-refractivity contribution in [2.75, 3.05) is 12.4 Å². The van der Waals surface area contributed by atoms with Crippen LogP contribution in [0.3, 0.4) is 0 Å². The van der Waals surface area contributed by atoms with E-state index in [1.165, 1.54) is 14.0 Å². The summed E-state index contributed by atoms with van der Waals surface area (Å²) in [6, 6.07) is 3.26. The van der Waals surface area contributed by atoms with Gasteiger partial charge in [-0.05, 0) is 35.3 Å². The van der Waals surface area contributed by atoms with Gasteiger partial charge in [0, 0.05) is 11.8 Å². The first kappa shape index (κ1) is 16.9. The molecule has 1 atom stereocenters. The van der Waals surface area contributed by atoms with Crippen LogP contribution < -0.4 is 10.1 Å². The highest BCUT2D eigenvalue weighted by Gasteiger charge is 2.29. The topological polar surface area (TPSA) is 71.5 Å². The molecule has 6 heteroatoms. The predicted octanol–water partition coefficient (Wildman–Crippen LogP) is 3.12. The number of hydrogen-bond donors (Lipinski definition) is 2. The molecule has 0 bridgehead atoms. The molecule has 0 aliphatic rings. The maximum Gasteiger partial charge on any atom is 0.256 e. The van der Waals surface area contributed by atoms with Gasteiger partial charge in [0.1, 0.15) is 10.2 Å². The molecule has 0 spiro atoms. The molecule has 1 aromatic heterocycles. The molecule has 0 radical (unpaired) electrons. The number of pyridine rings is 1. The van der Waals surface area contributed by atoms with Gasteiger partial charge in [-0.25, -0.2) is 4.98 Å². The van der Waals surface area contributed by atoms with Gasteiger partial charge in [0.25, 0.3) is 5.91 Å². The van der Waals surface area contributed by atoms with Crippen LogP contribution in [0.4, 0.5) is 5.69 Å². The highest BCUT2D eigenvalue weighted by atomic mass is 79.9. The Morgan fingerprint density at radius 2 is 2.20 bits per heavy atom. The maximum atomic E-state index is 12.1. The molecule has 112 valence electrons. The van der Waals surface area contributed by atoms with Crippen molar-refractivity contribution in [1.82, 2.24) is 4.98 Å². The second kappa shape index (κ2) is 7.59. The van der Waals surface area contributed by atoms with Gasteiger partial charge in [-0.3, -0.25) is 4.79 Å². The Bertz CT molecular complexity index is 464. The van der Waals surface area contributed by atoms with Gasteiger partial charge in [-0.2, -0.15) is 0 Å². The van der Waals surface area contributed by atoms with Crippen LogP contribution >= 0.6 is 15.9 Å². The molecular formula is C14H21BrN2O3. The minimum Gasteiger partial charge on any atom is -0.481 e. The van der Waals surface area contributed by atoms with Crippen molar-refractivity contribution in [2.24, 2.45) is 0 Å². The fraction of sp³-hybridized carbons (Fsp3) is 0.571. The minimum atomic E-state index is -1.38. The summed E-state index contributed by atoms with van der Waals surface area (Å²) in [7, 11) is 1.50. The van der Waals surface area contributed by atoms with Crippen molar-refractivity contribution in [2.45, 2.75) is 45.1 Å². The molecule has 0 saturated carbocycles. The van der Waals surface area contributed by atoms with E-state index in [4.69, 9.17) is 4.74 Å². The lowest BCUT2D eigenvalue weighted by atomic mass is 9.97. The summed E-state index contributed by atoms with van der Waals surface area (Å²) in [5, 5.41) is 12.9. The molecule has 5 nitrogen and oxygen atoms in total. The summed E-state index contributed by atoms with van der Waals surface area (Å²) in [5.74, 6) is -0.0333. The monoisotopic (exact) mass is 344 g/mol. The molecule has 0 saturated heterocycles. The third kappa shape index (κ3) is 5.09. The Hall–Kier alpha value is -1.14. The lowest BCUT2D eigenvalue weighted by Gasteiger charge is -2.22. The van der Waals surface area contributed by atoms with Crippen LogP contribution in [-0.2, 0) is 4.79 Å². The van der Waals surface area contributed by atoms with Crippen LogP contribution in [0.2, 0.25) is 0 Å². The number of ether oxygens (including phenoxy) is 1. The molecule has 1 rings (SSSR count). The number of unbranched alkanes of at least 4 members (excludes halogenated alkanes) is 2. The van der Waals surface area contributed by atoms with Gasteiger partial charge in [-0.15, -0.1) is 0 Å². The second-order valence-electron chi connectivity index (χ2n) is 4.91. The smallest absolute Gasteiger partial charge is 0.256 e. The summed E-state index contributed by atoms with van der Waals surface area (Å²) in [4.78, 5) is 16.2. The summed E-state index contributed by atoms with van der Waals surface area (Å²) in [6.07, 6.45) is 3.31. The Morgan fingerprint density at radius 1 is 1.50 bits per heavy atom. The quantitative estimate of drug-likeness (QED) is 0.588. The Balaban J connectivity index is 2.71. The lowest BCUT2D eigenvalue weighted by molar-refractivity contribution is -0.133. The third-order valence-corrected chi connectivity index (χ3v) is 3.40. The van der Waals surface area contributed by atoms with Crippen molar-refractivity contribution in [3.8, 4) is 5.88 Å². The molecular weight excluding hydrogens is 324 g/mol. The van der Waals surface area contributed by atoms with Crippen molar-refractivity contribution in [3.05, 3.63) is 16.7 Å². The number of nitrogens with zero attached hydrogens (tertiary/aromatic N) is 1. The number of carbonyl (C=O) groups excluding carboxylic acids is 1. The summed E-state index contributed by atoms with van der Waals surface area (Å²) in [6.45, 7) is 3.61. The zero-order valence-electron chi connectivity index (χ0n) is 12.1. The Labute approximate surface area is 127 Å². The standard InChI is InChI=1S/C14H21BrN2O3/c1-4-5-6-7-14(2,19)13(18)16-10-8-11(15)17-12(9-10)20-3/h8-9,19H,4-7H2,1-3H3,(H,16,17,18). The van der Waals surface area contributed by atoms with E-state index in [0.717, 1.165) is 19.3 Å². The number of hydrogen-bond acceptors (Lipinski definition) is 4. The molecule has 20 heavy (non-hydrogen) atoms. The zero-order valence-corrected chi connectivity index (χ0v) is 13.7. The predicted molar refractivity (Wildman–Crippen MR) is 81.9 cm³/mol. The molecule has 1 heterocycles. The average molecular weight is 345 g/mol. The summed E-state index contributed by atoms with van der Waals surface area (Å²) in [5.41, 5.74) is -0.845. The van der Waals surface area contributed by atoms with Crippen molar-refractivity contribution in [1.29, 1.82) is 0 Å². The number of aliphatic hydroxyl groups is 1. The molecule has 0 aromatic carbocycles. The summed E-state index contributed by atoms with van der Waals surface area (Å²) < 4.78 is 5.58. The molecule has 1 unspecified atom stereocenters. The van der Waals surface area contributed by atoms with E-state index in [1.54, 1.807) is 12.1 Å². The highest BCUT2D eigenvalue weighted by Crippen LogP contribution is 2.23. The number of nitrogens with one attached hydrogen (secondary N) is 1. The van der Waals surface area contributed by atoms with E-state index >= 15 is 0 Å². The largest absolute Gasteiger partial charge is 0.481 e. The minimum absolute atomic E-state index is 0.389. The number of rotatable bonds is 7. The average Bonchev–Trinajstić information content (AvgIpc) is 2.38. The van der Waals surface area contributed by atoms with Crippen LogP contribution in [0, 0.1) is 0 Å². The lowest BCUT2D eigenvalue weighted by Crippen LogP contribution is -2.39. The van der Waals surface area contributed by atoms with Crippen LogP contribution in [0.15, 0.2) is 16.7 Å². The van der Waals surface area contributed by atoms with Gasteiger partial charge in [-0.1, -0.05) is 26.2 Å². The van der Waals surface area contributed by atoms with E-state index in [0.29, 0.717) is 22.6 Å². The zero-order chi connectivity index (χ0) is 15.2. The number of aromatic nitrogens is 1. The number of amides is 1. The van der Waals surface area contributed by atoms with E-state index in [9.17, 15) is 9.90 Å². The molecule has 0 aliphatic heterocycles. The molecule has 1 aromatic rings. The van der Waals surface area contributed by atoms with Gasteiger partial charge in [0.05, 0.1) is 7.11 Å². The van der Waals surface area contributed by atoms with Crippen LogP contribution in [0.25, 0.3) is 0 Å². The fourth-order valence-corrected chi connectivity index (χ4v) is 2.17. The van der Waals surface area contributed by atoms with E-state index in [-0.39, 0.29) is 0 Å². The summed E-state index contributed by atoms with van der Waals surface area (Å²) >= 11 is 3.24. The SMILES string of the molecule is CCCCCC(C)(O)C(=O)Nc1cc(Br)nc(OC)c1. The number of methoxy groups -OCH3 is 1. The van der Waals surface area contributed by atoms with Gasteiger partial charge in [0.2, 0.25) is 5.88 Å². The molecule has 2 N–H and O–H groups in total. The third-order valence-electron chi connectivity index (χ3n) is 2.99. The van der Waals surface area contributed by atoms with Crippen LogP contribution in [0.1, 0.15) is 39.5 Å². The maximum absolute atomic E-state index is 12.1. The molecule has 0 fully saturated rings. The van der Waals surface area contributed by atoms with Crippen LogP contribution in [0.5, 0.6) is 5.88 Å². The number of carbonyl (C=O) groups is 1. The van der Waals surface area contributed by atoms with E-state index < -0.39 is 11.5 Å². The first-order valence-corrected chi connectivity index (χ1v) is 7.43. The normalized spacial score (nSPS) is 13.7. The number of halogens is 1. The van der Waals surface area contributed by atoms with Gasteiger partial charge < -0.3 is 15.2 Å². The molecule has 1 amide bonds. The van der Waals surface area contributed by atoms with Crippen molar-refractivity contribution in [3.63, 3.8) is 0 Å². The van der Waals surface area contributed by atoms with Gasteiger partial charge >= 0.3 is 0 Å². The van der Waals surface area contributed by atoms with Gasteiger partial charge in [0.15, 0.2) is 0 Å². The first-order chi connectivity index (χ1) is 9.39. The second-order valence-corrected chi connectivity index (χ2v) is 5.72. The van der Waals surface area contributed by atoms with E-state index in [1.807, 2.05) is 0 Å². The van der Waals surface area contributed by atoms with E-state index in [2.05, 4.69) is 33.2 Å². The molecule has 0 aliphatic carbocycles. The first-order valence-electron chi connectivity index (χ1n) is 6.64. The Kier molecular flexibility index (Phi) is 6.42. The fourth-order valence-electron chi connectivity index (χ4n) is 1.75.